The minimum absolute atomic E-state index is 0.219. The van der Waals surface area contributed by atoms with Gasteiger partial charge in [0.2, 0.25) is 5.91 Å². The summed E-state index contributed by atoms with van der Waals surface area (Å²) < 4.78 is 12.3. The van der Waals surface area contributed by atoms with Crippen molar-refractivity contribution in [1.29, 1.82) is 0 Å². The fourth-order valence-corrected chi connectivity index (χ4v) is 7.26. The molecular weight excluding hydrogens is 544 g/mol. The van der Waals surface area contributed by atoms with E-state index in [1.165, 1.54) is 4.90 Å². The molecular formula is C35H42N2O6. The van der Waals surface area contributed by atoms with E-state index in [0.717, 1.165) is 29.7 Å². The van der Waals surface area contributed by atoms with E-state index in [4.69, 9.17) is 9.47 Å². The number of carbonyl (C=O) groups excluding carboxylic acids is 3. The SMILES string of the molecule is C=CCCCCOC(=O)[C@@H]1[C@@H]2CCC3(O2)C(C(=O)N(CC=C)c2cc(C)ccc2C)N([C@H](CO)c2ccccc2)C(=O)[C@H]13. The summed E-state index contributed by atoms with van der Waals surface area (Å²) in [5.41, 5.74) is 2.10. The molecule has 0 aliphatic carbocycles. The van der Waals surface area contributed by atoms with E-state index < -0.39 is 48.2 Å². The Kier molecular flexibility index (Phi) is 9.18. The van der Waals surface area contributed by atoms with Gasteiger partial charge in [-0.15, -0.1) is 13.2 Å². The van der Waals surface area contributed by atoms with Crippen molar-refractivity contribution in [2.45, 2.75) is 69.7 Å². The molecule has 8 nitrogen and oxygen atoms in total. The maximum Gasteiger partial charge on any atom is 0.312 e. The highest BCUT2D eigenvalue weighted by Crippen LogP contribution is 2.60. The van der Waals surface area contributed by atoms with Crippen molar-refractivity contribution in [3.05, 3.63) is 90.5 Å². The zero-order valence-corrected chi connectivity index (χ0v) is 25.1. The minimum Gasteiger partial charge on any atom is -0.465 e. The molecule has 3 aliphatic rings. The molecule has 43 heavy (non-hydrogen) atoms. The number of nitrogens with zero attached hydrogens (tertiary/aromatic N) is 2. The zero-order chi connectivity index (χ0) is 30.7. The van der Waals surface area contributed by atoms with Crippen LogP contribution >= 0.6 is 0 Å². The number of aliphatic hydroxyl groups is 1. The second kappa shape index (κ2) is 12.9. The van der Waals surface area contributed by atoms with Crippen LogP contribution in [0.2, 0.25) is 0 Å². The Morgan fingerprint density at radius 2 is 1.93 bits per heavy atom. The molecule has 1 N–H and O–H groups in total. The fraction of sp³-hybridized carbons (Fsp3) is 0.457. The molecule has 228 valence electrons. The maximum atomic E-state index is 14.9. The third-order valence-corrected chi connectivity index (χ3v) is 9.22. The van der Waals surface area contributed by atoms with Crippen LogP contribution in [-0.2, 0) is 23.9 Å². The number of carbonyl (C=O) groups is 3. The number of hydrogen-bond acceptors (Lipinski definition) is 6. The largest absolute Gasteiger partial charge is 0.465 e. The molecule has 0 saturated carbocycles. The van der Waals surface area contributed by atoms with E-state index in [1.807, 2.05) is 68.5 Å². The van der Waals surface area contributed by atoms with Crippen LogP contribution in [0.25, 0.3) is 0 Å². The number of likely N-dealkylation sites (tertiary alicyclic amines) is 1. The van der Waals surface area contributed by atoms with Gasteiger partial charge in [-0.1, -0.05) is 54.6 Å². The zero-order valence-electron chi connectivity index (χ0n) is 25.1. The lowest BCUT2D eigenvalue weighted by atomic mass is 9.70. The molecule has 1 spiro atoms. The number of benzene rings is 2. The number of ether oxygens (including phenoxy) is 2. The molecule has 0 radical (unpaired) electrons. The number of hydrogen-bond donors (Lipinski definition) is 1. The summed E-state index contributed by atoms with van der Waals surface area (Å²) in [5, 5.41) is 10.7. The normalized spacial score (nSPS) is 26.2. The molecule has 2 aromatic carbocycles. The number of aryl methyl sites for hydroxylation is 2. The van der Waals surface area contributed by atoms with Crippen molar-refractivity contribution < 1.29 is 29.0 Å². The molecule has 3 heterocycles. The van der Waals surface area contributed by atoms with Gasteiger partial charge in [-0.25, -0.2) is 0 Å². The number of unbranched alkanes of at least 4 members (excludes halogenated alkanes) is 2. The second-order valence-electron chi connectivity index (χ2n) is 11.9. The van der Waals surface area contributed by atoms with Gasteiger partial charge in [0.15, 0.2) is 0 Å². The summed E-state index contributed by atoms with van der Waals surface area (Å²) >= 11 is 0. The monoisotopic (exact) mass is 586 g/mol. The summed E-state index contributed by atoms with van der Waals surface area (Å²) in [6.07, 6.45) is 6.35. The maximum absolute atomic E-state index is 14.9. The third kappa shape index (κ3) is 5.43. The number of allylic oxidation sites excluding steroid dienone is 1. The molecule has 2 unspecified atom stereocenters. The van der Waals surface area contributed by atoms with E-state index in [9.17, 15) is 19.5 Å². The number of amides is 2. The lowest BCUT2D eigenvalue weighted by Crippen LogP contribution is -2.57. The van der Waals surface area contributed by atoms with Crippen molar-refractivity contribution in [3.8, 4) is 0 Å². The molecule has 6 atom stereocenters. The quantitative estimate of drug-likeness (QED) is 0.205. The molecule has 3 aliphatic heterocycles. The highest BCUT2D eigenvalue weighted by atomic mass is 16.6. The van der Waals surface area contributed by atoms with Gasteiger partial charge < -0.3 is 24.4 Å². The molecule has 3 fully saturated rings. The first-order valence-electron chi connectivity index (χ1n) is 15.2. The van der Waals surface area contributed by atoms with E-state index in [2.05, 4.69) is 13.2 Å². The predicted molar refractivity (Wildman–Crippen MR) is 164 cm³/mol. The standard InChI is InChI=1S/C35H42N2O6/c1-5-7-8-12-20-42-34(41)29-28-17-18-35(43-28)30(29)32(39)37(27(22-38)25-13-10-9-11-14-25)31(35)33(40)36(19-6-2)26-21-23(3)15-16-24(26)4/h5-6,9-11,13-16,21,27-31,38H,1-2,7-8,12,17-20,22H2,3-4H3/t27-,28+,29-,30+,31?,35?/m1/s1. The van der Waals surface area contributed by atoms with E-state index in [-0.39, 0.29) is 25.0 Å². The fourth-order valence-electron chi connectivity index (χ4n) is 7.26. The van der Waals surface area contributed by atoms with Crippen LogP contribution in [0.15, 0.2) is 73.8 Å². The first-order chi connectivity index (χ1) is 20.8. The van der Waals surface area contributed by atoms with Gasteiger partial charge in [0.1, 0.15) is 11.6 Å². The molecule has 2 amide bonds. The Balaban J connectivity index is 1.57. The van der Waals surface area contributed by atoms with Crippen molar-refractivity contribution in [3.63, 3.8) is 0 Å². The first-order valence-corrected chi connectivity index (χ1v) is 15.2. The summed E-state index contributed by atoms with van der Waals surface area (Å²) in [6.45, 7) is 11.6. The van der Waals surface area contributed by atoms with Crippen LogP contribution in [0.1, 0.15) is 54.8 Å². The number of anilines is 1. The Morgan fingerprint density at radius 3 is 2.63 bits per heavy atom. The lowest BCUT2D eigenvalue weighted by Gasteiger charge is -2.39. The van der Waals surface area contributed by atoms with Crippen molar-refractivity contribution in [2.75, 3.05) is 24.7 Å². The predicted octanol–water partition coefficient (Wildman–Crippen LogP) is 4.83. The van der Waals surface area contributed by atoms with Crippen molar-refractivity contribution >= 4 is 23.5 Å². The van der Waals surface area contributed by atoms with E-state index >= 15 is 0 Å². The molecule has 3 saturated heterocycles. The summed E-state index contributed by atoms with van der Waals surface area (Å²) in [7, 11) is 0. The summed E-state index contributed by atoms with van der Waals surface area (Å²) in [6, 6.07) is 13.2. The second-order valence-corrected chi connectivity index (χ2v) is 11.9. The molecule has 8 heteroatoms. The van der Waals surface area contributed by atoms with Crippen LogP contribution in [-0.4, -0.2) is 65.3 Å². The van der Waals surface area contributed by atoms with Crippen molar-refractivity contribution in [1.82, 2.24) is 4.90 Å². The van der Waals surface area contributed by atoms with Crippen LogP contribution in [0.4, 0.5) is 5.69 Å². The first kappa shape index (κ1) is 30.7. The van der Waals surface area contributed by atoms with E-state index in [1.54, 1.807) is 11.0 Å². The summed E-state index contributed by atoms with van der Waals surface area (Å²) in [4.78, 5) is 46.1. The van der Waals surface area contributed by atoms with Gasteiger partial charge in [-0.3, -0.25) is 14.4 Å². The van der Waals surface area contributed by atoms with Crippen LogP contribution in [0.3, 0.4) is 0 Å². The van der Waals surface area contributed by atoms with Crippen LogP contribution in [0.5, 0.6) is 0 Å². The van der Waals surface area contributed by atoms with E-state index in [0.29, 0.717) is 24.8 Å². The Morgan fingerprint density at radius 1 is 1.16 bits per heavy atom. The number of rotatable bonds is 13. The number of esters is 1. The molecule has 2 bridgehead atoms. The topological polar surface area (TPSA) is 96.4 Å². The highest BCUT2D eigenvalue weighted by Gasteiger charge is 2.75. The molecule has 2 aromatic rings. The molecule has 5 rings (SSSR count). The minimum atomic E-state index is -1.22. The van der Waals surface area contributed by atoms with Crippen LogP contribution in [0, 0.1) is 25.7 Å². The van der Waals surface area contributed by atoms with Gasteiger partial charge in [0.25, 0.3) is 5.91 Å². The average Bonchev–Trinajstić information content (AvgIpc) is 3.65. The third-order valence-electron chi connectivity index (χ3n) is 9.22. The van der Waals surface area contributed by atoms with Crippen molar-refractivity contribution in [2.24, 2.45) is 11.8 Å². The average molecular weight is 587 g/mol. The lowest BCUT2D eigenvalue weighted by molar-refractivity contribution is -0.156. The highest BCUT2D eigenvalue weighted by molar-refractivity contribution is 6.05. The number of aliphatic hydroxyl groups excluding tert-OH is 1. The van der Waals surface area contributed by atoms with Gasteiger partial charge in [-0.05, 0) is 68.7 Å². The molecule has 0 aromatic heterocycles. The van der Waals surface area contributed by atoms with Crippen LogP contribution < -0.4 is 4.90 Å². The van der Waals surface area contributed by atoms with Gasteiger partial charge in [0, 0.05) is 12.2 Å². The van der Waals surface area contributed by atoms with Gasteiger partial charge in [0.05, 0.1) is 37.2 Å². The van der Waals surface area contributed by atoms with Gasteiger partial charge in [-0.2, -0.15) is 0 Å². The van der Waals surface area contributed by atoms with Gasteiger partial charge >= 0.3 is 5.97 Å². The number of fused-ring (bicyclic) bond motifs is 1. The summed E-state index contributed by atoms with van der Waals surface area (Å²) in [5.74, 6) is -2.85. The Bertz CT molecular complexity index is 1380. The Hall–Kier alpha value is -3.75. The smallest absolute Gasteiger partial charge is 0.312 e. The Labute approximate surface area is 254 Å².